The average Bonchev–Trinajstić information content (AvgIpc) is 2.18. The molecule has 3 nitrogen and oxygen atoms in total. The van der Waals surface area contributed by atoms with Crippen LogP contribution < -0.4 is 0 Å². The SMILES string of the molecule is C[C@@H]1CCC[CH-]N1C(=O)OC(C)(C)C.[Cl][Zn+]. The van der Waals surface area contributed by atoms with Crippen LogP contribution in [-0.2, 0) is 22.0 Å². The normalized spacial score (nSPS) is 20.9. The molecule has 90 valence electrons. The van der Waals surface area contributed by atoms with Gasteiger partial charge in [0.25, 0.3) is 0 Å². The second kappa shape index (κ2) is 7.50. The van der Waals surface area contributed by atoms with Crippen LogP contribution in [-0.4, -0.2) is 22.6 Å². The van der Waals surface area contributed by atoms with E-state index in [-0.39, 0.29) is 12.1 Å². The molecule has 0 radical (unpaired) electrons. The van der Waals surface area contributed by atoms with Crippen LogP contribution in [0.1, 0.15) is 47.0 Å². The van der Waals surface area contributed by atoms with Crippen LogP contribution >= 0.6 is 9.69 Å². The molecule has 1 aliphatic rings. The Hall–Kier alpha value is 0.183. The van der Waals surface area contributed by atoms with E-state index in [1.54, 1.807) is 4.90 Å². The fourth-order valence-corrected chi connectivity index (χ4v) is 1.53. The molecule has 16 heavy (non-hydrogen) atoms. The number of amides is 1. The van der Waals surface area contributed by atoms with Crippen LogP contribution in [0.4, 0.5) is 4.79 Å². The molecule has 1 heterocycles. The molecule has 0 N–H and O–H groups in total. The van der Waals surface area contributed by atoms with Crippen molar-refractivity contribution in [2.24, 2.45) is 0 Å². The molecule has 0 aromatic rings. The van der Waals surface area contributed by atoms with E-state index in [1.165, 1.54) is 6.42 Å². The quantitative estimate of drug-likeness (QED) is 0.505. The van der Waals surface area contributed by atoms with E-state index in [9.17, 15) is 4.79 Å². The Balaban J connectivity index is 0.00000106. The van der Waals surface area contributed by atoms with Crippen molar-refractivity contribution in [3.63, 3.8) is 0 Å². The molecule has 1 rings (SSSR count). The summed E-state index contributed by atoms with van der Waals surface area (Å²) >= 11 is 0.847. The molecule has 0 aliphatic carbocycles. The van der Waals surface area contributed by atoms with Crippen molar-refractivity contribution in [3.8, 4) is 0 Å². The number of rotatable bonds is 0. The second-order valence-corrected chi connectivity index (χ2v) is 4.85. The summed E-state index contributed by atoms with van der Waals surface area (Å²) in [4.78, 5) is 13.4. The molecule has 0 bridgehead atoms. The molecule has 1 atom stereocenters. The number of carbonyl (C=O) groups excluding carboxylic acids is 1. The maximum absolute atomic E-state index is 11.7. The van der Waals surface area contributed by atoms with Gasteiger partial charge in [-0.1, -0.05) is 6.42 Å². The van der Waals surface area contributed by atoms with Crippen molar-refractivity contribution < 1.29 is 26.8 Å². The van der Waals surface area contributed by atoms with Crippen molar-refractivity contribution in [2.75, 3.05) is 0 Å². The van der Waals surface area contributed by atoms with Gasteiger partial charge in [-0.05, 0) is 34.1 Å². The standard InChI is InChI=1S/C11H20NO2.ClH.Zn/c1-9-7-5-6-8-12(9)10(13)14-11(2,3)4;;/h8-9H,5-7H2,1-4H3;1H;/q-1;;+2/p-1/t9-;;/m1../s1. The van der Waals surface area contributed by atoms with Gasteiger partial charge >= 0.3 is 33.1 Å². The van der Waals surface area contributed by atoms with Crippen molar-refractivity contribution in [1.29, 1.82) is 0 Å². The number of ether oxygens (including phenoxy) is 1. The monoisotopic (exact) mass is 297 g/mol. The van der Waals surface area contributed by atoms with Crippen LogP contribution in [0.3, 0.4) is 0 Å². The summed E-state index contributed by atoms with van der Waals surface area (Å²) in [6.07, 6.45) is 2.99. The van der Waals surface area contributed by atoms with E-state index in [4.69, 9.17) is 14.4 Å². The first-order valence-electron chi connectivity index (χ1n) is 5.51. The summed E-state index contributed by atoms with van der Waals surface area (Å²) < 4.78 is 5.30. The van der Waals surface area contributed by atoms with Crippen LogP contribution in [0.15, 0.2) is 0 Å². The average molecular weight is 299 g/mol. The van der Waals surface area contributed by atoms with Crippen molar-refractivity contribution in [2.45, 2.75) is 58.6 Å². The van der Waals surface area contributed by atoms with Crippen LogP contribution in [0.2, 0.25) is 0 Å². The number of carbonyl (C=O) groups is 1. The number of hydrogen-bond donors (Lipinski definition) is 0. The zero-order valence-corrected chi connectivity index (χ0v) is 14.3. The molecule has 0 aromatic heterocycles. The molecule has 1 amide bonds. The summed E-state index contributed by atoms with van der Waals surface area (Å²) in [5, 5.41) is 0. The minimum absolute atomic E-state index is 0.218. The van der Waals surface area contributed by atoms with Gasteiger partial charge in [0, 0.05) is 6.04 Å². The fraction of sp³-hybridized carbons (Fsp3) is 0.818. The van der Waals surface area contributed by atoms with Gasteiger partial charge in [0.05, 0.1) is 0 Å². The molecule has 1 fully saturated rings. The third-order valence-corrected chi connectivity index (χ3v) is 2.23. The van der Waals surface area contributed by atoms with Crippen molar-refractivity contribution in [1.82, 2.24) is 4.90 Å². The number of piperidine rings is 1. The number of nitrogens with zero attached hydrogens (tertiary/aromatic N) is 1. The van der Waals surface area contributed by atoms with E-state index in [0.717, 1.165) is 30.2 Å². The van der Waals surface area contributed by atoms with E-state index in [1.807, 2.05) is 27.3 Å². The first kappa shape index (κ1) is 16.2. The molecule has 1 aliphatic heterocycles. The van der Waals surface area contributed by atoms with E-state index >= 15 is 0 Å². The van der Waals surface area contributed by atoms with Crippen LogP contribution in [0.25, 0.3) is 0 Å². The summed E-state index contributed by atoms with van der Waals surface area (Å²) in [7, 11) is 4.76. The van der Waals surface area contributed by atoms with Gasteiger partial charge in [0.1, 0.15) is 5.60 Å². The van der Waals surface area contributed by atoms with Gasteiger partial charge in [-0.3, -0.25) is 0 Å². The van der Waals surface area contributed by atoms with Crippen LogP contribution in [0.5, 0.6) is 0 Å². The first-order valence-corrected chi connectivity index (χ1v) is 9.41. The molecule has 0 saturated carbocycles. The van der Waals surface area contributed by atoms with Gasteiger partial charge in [0.15, 0.2) is 0 Å². The van der Waals surface area contributed by atoms with Gasteiger partial charge in [-0.2, -0.15) is 6.42 Å². The molecule has 0 aromatic carbocycles. The van der Waals surface area contributed by atoms with E-state index < -0.39 is 5.60 Å². The summed E-state index contributed by atoms with van der Waals surface area (Å²) in [5.74, 6) is 0. The Labute approximate surface area is 113 Å². The summed E-state index contributed by atoms with van der Waals surface area (Å²) in [6, 6.07) is 0.276. The molecule has 5 heteroatoms. The Kier molecular flexibility index (Phi) is 7.58. The Morgan fingerprint density at radius 3 is 2.50 bits per heavy atom. The van der Waals surface area contributed by atoms with Gasteiger partial charge in [-0.15, -0.1) is 0 Å². The Bertz CT molecular complexity index is 219. The van der Waals surface area contributed by atoms with Gasteiger partial charge in [0.2, 0.25) is 0 Å². The summed E-state index contributed by atoms with van der Waals surface area (Å²) in [6.45, 7) is 9.67. The number of hydrogen-bond acceptors (Lipinski definition) is 2. The molecular weight excluding hydrogens is 279 g/mol. The van der Waals surface area contributed by atoms with Gasteiger partial charge in [-0.25, -0.2) is 11.3 Å². The Morgan fingerprint density at radius 1 is 1.50 bits per heavy atom. The third-order valence-electron chi connectivity index (χ3n) is 2.23. The topological polar surface area (TPSA) is 29.5 Å². The van der Waals surface area contributed by atoms with E-state index in [2.05, 4.69) is 6.92 Å². The number of halogens is 1. The fourth-order valence-electron chi connectivity index (χ4n) is 1.53. The Morgan fingerprint density at radius 2 is 2.06 bits per heavy atom. The molecular formula is C11H20ClNO2Zn. The molecule has 0 spiro atoms. The van der Waals surface area contributed by atoms with E-state index in [0.29, 0.717) is 0 Å². The first-order chi connectivity index (χ1) is 7.40. The predicted octanol–water partition coefficient (Wildman–Crippen LogP) is 3.64. The maximum atomic E-state index is 11.7. The zero-order valence-electron chi connectivity index (χ0n) is 10.6. The van der Waals surface area contributed by atoms with Crippen molar-refractivity contribution >= 4 is 15.8 Å². The summed E-state index contributed by atoms with van der Waals surface area (Å²) in [5.41, 5.74) is -0.401. The van der Waals surface area contributed by atoms with Crippen molar-refractivity contribution in [3.05, 3.63) is 6.54 Å². The number of likely N-dealkylation sites (tertiary alicyclic amines) is 1. The second-order valence-electron chi connectivity index (χ2n) is 4.85. The minimum atomic E-state index is -0.401. The predicted molar refractivity (Wildman–Crippen MR) is 61.5 cm³/mol. The molecule has 1 saturated heterocycles. The van der Waals surface area contributed by atoms with Gasteiger partial charge < -0.3 is 9.64 Å². The zero-order chi connectivity index (χ0) is 12.8. The van der Waals surface area contributed by atoms with Crippen LogP contribution in [0, 0.1) is 6.54 Å². The third kappa shape index (κ3) is 6.05. The molecule has 0 unspecified atom stereocenters.